The summed E-state index contributed by atoms with van der Waals surface area (Å²) in [6.07, 6.45) is 0.316. The van der Waals surface area contributed by atoms with Gasteiger partial charge in [0.15, 0.2) is 0 Å². The Hall–Kier alpha value is -1.62. The van der Waals surface area contributed by atoms with Gasteiger partial charge in [-0.15, -0.1) is 0 Å². The Balaban J connectivity index is 2.67. The van der Waals surface area contributed by atoms with Crippen molar-refractivity contribution < 1.29 is 19.0 Å². The van der Waals surface area contributed by atoms with Crippen molar-refractivity contribution in [3.8, 4) is 5.75 Å². The second-order valence-electron chi connectivity index (χ2n) is 3.28. The molecule has 88 valence electrons. The van der Waals surface area contributed by atoms with Gasteiger partial charge in [-0.05, 0) is 24.1 Å². The van der Waals surface area contributed by atoms with Crippen molar-refractivity contribution in [1.82, 2.24) is 5.32 Å². The van der Waals surface area contributed by atoms with Gasteiger partial charge in [0.05, 0.1) is 7.11 Å². The fourth-order valence-corrected chi connectivity index (χ4v) is 1.34. The highest BCUT2D eigenvalue weighted by molar-refractivity contribution is 5.76. The normalized spacial score (nSPS) is 12.1. The molecule has 1 atom stereocenters. The molecule has 4 nitrogen and oxygen atoms in total. The average Bonchev–Trinajstić information content (AvgIpc) is 2.30. The number of ether oxygens (including phenoxy) is 1. The maximum absolute atomic E-state index is 12.1. The number of nitrogens with one attached hydrogen (secondary N) is 1. The van der Waals surface area contributed by atoms with Crippen LogP contribution in [0.1, 0.15) is 5.56 Å². The third-order valence-corrected chi connectivity index (χ3v) is 2.19. The van der Waals surface area contributed by atoms with Crippen LogP contribution in [0.3, 0.4) is 0 Å². The average molecular weight is 227 g/mol. The molecule has 5 heteroatoms. The van der Waals surface area contributed by atoms with Crippen LogP contribution in [-0.4, -0.2) is 31.0 Å². The van der Waals surface area contributed by atoms with Gasteiger partial charge in [-0.25, -0.2) is 4.39 Å². The van der Waals surface area contributed by atoms with Gasteiger partial charge in [-0.3, -0.25) is 10.1 Å². The Morgan fingerprint density at radius 1 is 1.50 bits per heavy atom. The van der Waals surface area contributed by atoms with E-state index in [0.29, 0.717) is 6.42 Å². The number of esters is 1. The number of alkyl halides is 1. The molecule has 0 bridgehead atoms. The summed E-state index contributed by atoms with van der Waals surface area (Å²) in [4.78, 5) is 11.3. The first-order valence-electron chi connectivity index (χ1n) is 4.82. The lowest BCUT2D eigenvalue weighted by Crippen LogP contribution is -2.38. The van der Waals surface area contributed by atoms with Gasteiger partial charge in [0, 0.05) is 0 Å². The highest BCUT2D eigenvalue weighted by Crippen LogP contribution is 2.11. The van der Waals surface area contributed by atoms with Crippen LogP contribution < -0.4 is 5.32 Å². The van der Waals surface area contributed by atoms with E-state index in [1.165, 1.54) is 19.2 Å². The van der Waals surface area contributed by atoms with Crippen LogP contribution in [0, 0.1) is 0 Å². The van der Waals surface area contributed by atoms with Gasteiger partial charge in [-0.2, -0.15) is 0 Å². The quantitative estimate of drug-likeness (QED) is 0.582. The van der Waals surface area contributed by atoms with Crippen LogP contribution in [0.2, 0.25) is 0 Å². The summed E-state index contributed by atoms with van der Waals surface area (Å²) < 4.78 is 16.7. The standard InChI is InChI=1S/C11H14FNO3/c1-16-11(15)10(13-7-12)6-8-2-4-9(14)5-3-8/h2-5,10,13-14H,6-7H2,1H3/t10-/m0/s1. The van der Waals surface area contributed by atoms with E-state index in [0.717, 1.165) is 5.56 Å². The first-order valence-corrected chi connectivity index (χ1v) is 4.82. The van der Waals surface area contributed by atoms with Crippen LogP contribution in [0.15, 0.2) is 24.3 Å². The number of methoxy groups -OCH3 is 1. The molecule has 0 aromatic heterocycles. The molecule has 0 aliphatic carbocycles. The predicted molar refractivity (Wildman–Crippen MR) is 56.7 cm³/mol. The SMILES string of the molecule is COC(=O)[C@H](Cc1ccc(O)cc1)NCF. The summed E-state index contributed by atoms with van der Waals surface area (Å²) in [7, 11) is 1.26. The number of rotatable bonds is 5. The van der Waals surface area contributed by atoms with Crippen LogP contribution >= 0.6 is 0 Å². The second kappa shape index (κ2) is 6.07. The van der Waals surface area contributed by atoms with Crippen molar-refractivity contribution in [3.05, 3.63) is 29.8 Å². The molecule has 0 amide bonds. The minimum absolute atomic E-state index is 0.150. The largest absolute Gasteiger partial charge is 0.508 e. The van der Waals surface area contributed by atoms with Crippen molar-refractivity contribution in [2.45, 2.75) is 12.5 Å². The number of halogens is 1. The minimum Gasteiger partial charge on any atom is -0.508 e. The molecule has 0 unspecified atom stereocenters. The number of carbonyl (C=O) groups excluding carboxylic acids is 1. The second-order valence-corrected chi connectivity index (χ2v) is 3.28. The van der Waals surface area contributed by atoms with E-state index in [4.69, 9.17) is 5.11 Å². The van der Waals surface area contributed by atoms with Gasteiger partial charge >= 0.3 is 5.97 Å². The molecule has 1 aromatic carbocycles. The van der Waals surface area contributed by atoms with Crippen molar-refractivity contribution in [2.75, 3.05) is 13.9 Å². The molecule has 0 heterocycles. The maximum atomic E-state index is 12.1. The lowest BCUT2D eigenvalue weighted by Gasteiger charge is -2.14. The number of aromatic hydroxyl groups is 1. The monoisotopic (exact) mass is 227 g/mol. The molecular formula is C11H14FNO3. The molecule has 0 radical (unpaired) electrons. The Morgan fingerprint density at radius 2 is 2.12 bits per heavy atom. The zero-order valence-electron chi connectivity index (χ0n) is 8.94. The molecule has 0 fully saturated rings. The summed E-state index contributed by atoms with van der Waals surface area (Å²) in [5.74, 6) is -0.359. The zero-order valence-corrected chi connectivity index (χ0v) is 8.94. The maximum Gasteiger partial charge on any atom is 0.323 e. The fourth-order valence-electron chi connectivity index (χ4n) is 1.34. The summed E-state index contributed by atoms with van der Waals surface area (Å²) in [6.45, 7) is -0.794. The highest BCUT2D eigenvalue weighted by atomic mass is 19.1. The molecule has 1 aromatic rings. The predicted octanol–water partition coefficient (Wildman–Crippen LogP) is 0.993. The smallest absolute Gasteiger partial charge is 0.323 e. The molecule has 0 saturated heterocycles. The highest BCUT2D eigenvalue weighted by Gasteiger charge is 2.18. The van der Waals surface area contributed by atoms with E-state index in [1.807, 2.05) is 0 Å². The van der Waals surface area contributed by atoms with E-state index < -0.39 is 18.8 Å². The Kier molecular flexibility index (Phi) is 4.72. The van der Waals surface area contributed by atoms with Gasteiger partial charge in [0.2, 0.25) is 0 Å². The summed E-state index contributed by atoms with van der Waals surface area (Å²) in [6, 6.07) is 5.66. The first kappa shape index (κ1) is 12.4. The van der Waals surface area contributed by atoms with Crippen LogP contribution in [-0.2, 0) is 16.0 Å². The molecule has 0 saturated carbocycles. The molecule has 0 aliphatic heterocycles. The number of phenolic OH excluding ortho intramolecular Hbond substituents is 1. The minimum atomic E-state index is -0.794. The summed E-state index contributed by atoms with van der Waals surface area (Å²) in [5.41, 5.74) is 0.814. The number of carbonyl (C=O) groups is 1. The third kappa shape index (κ3) is 3.51. The van der Waals surface area contributed by atoms with Crippen molar-refractivity contribution in [2.24, 2.45) is 0 Å². The van der Waals surface area contributed by atoms with Gasteiger partial charge in [-0.1, -0.05) is 12.1 Å². The van der Waals surface area contributed by atoms with Crippen molar-refractivity contribution >= 4 is 5.97 Å². The molecule has 1 rings (SSSR count). The Morgan fingerprint density at radius 3 is 2.62 bits per heavy atom. The lowest BCUT2D eigenvalue weighted by molar-refractivity contribution is -0.143. The Bertz CT molecular complexity index is 340. The van der Waals surface area contributed by atoms with E-state index in [9.17, 15) is 9.18 Å². The summed E-state index contributed by atoms with van der Waals surface area (Å²) in [5, 5.41) is 11.5. The van der Waals surface area contributed by atoms with Gasteiger partial charge in [0.1, 0.15) is 18.6 Å². The topological polar surface area (TPSA) is 58.6 Å². The van der Waals surface area contributed by atoms with E-state index in [-0.39, 0.29) is 5.75 Å². The number of hydrogen-bond acceptors (Lipinski definition) is 4. The summed E-state index contributed by atoms with van der Waals surface area (Å²) >= 11 is 0. The fraction of sp³-hybridized carbons (Fsp3) is 0.364. The number of phenols is 1. The third-order valence-electron chi connectivity index (χ3n) is 2.19. The van der Waals surface area contributed by atoms with Crippen LogP contribution in [0.4, 0.5) is 4.39 Å². The zero-order chi connectivity index (χ0) is 12.0. The molecular weight excluding hydrogens is 213 g/mol. The van der Waals surface area contributed by atoms with E-state index in [2.05, 4.69) is 10.1 Å². The molecule has 0 aliphatic rings. The van der Waals surface area contributed by atoms with Gasteiger partial charge < -0.3 is 9.84 Å². The van der Waals surface area contributed by atoms with E-state index >= 15 is 0 Å². The van der Waals surface area contributed by atoms with Crippen LogP contribution in [0.25, 0.3) is 0 Å². The molecule has 0 spiro atoms. The first-order chi connectivity index (χ1) is 7.67. The van der Waals surface area contributed by atoms with Crippen LogP contribution in [0.5, 0.6) is 5.75 Å². The Labute approximate surface area is 93.0 Å². The van der Waals surface area contributed by atoms with Crippen molar-refractivity contribution in [1.29, 1.82) is 0 Å². The molecule has 2 N–H and O–H groups in total. The van der Waals surface area contributed by atoms with Crippen molar-refractivity contribution in [3.63, 3.8) is 0 Å². The molecule has 16 heavy (non-hydrogen) atoms. The van der Waals surface area contributed by atoms with E-state index in [1.54, 1.807) is 12.1 Å². The van der Waals surface area contributed by atoms with Gasteiger partial charge in [0.25, 0.3) is 0 Å². The number of hydrogen-bond donors (Lipinski definition) is 2. The number of benzene rings is 1. The lowest BCUT2D eigenvalue weighted by atomic mass is 10.1.